The third kappa shape index (κ3) is 9.96. The van der Waals surface area contributed by atoms with Gasteiger partial charge in [0.05, 0.1) is 7.11 Å². The van der Waals surface area contributed by atoms with Crippen LogP contribution in [-0.2, 0) is 11.2 Å². The summed E-state index contributed by atoms with van der Waals surface area (Å²) >= 11 is 0. The first-order valence-electron chi connectivity index (χ1n) is 9.72. The monoisotopic (exact) mass is 346 g/mol. The molecule has 1 N–H and O–H groups in total. The van der Waals surface area contributed by atoms with Gasteiger partial charge in [0.2, 0.25) is 0 Å². The highest BCUT2D eigenvalue weighted by molar-refractivity contribution is 5.89. The van der Waals surface area contributed by atoms with Crippen LogP contribution in [0.2, 0.25) is 0 Å². The minimum absolute atomic E-state index is 0.128. The van der Waals surface area contributed by atoms with Crippen LogP contribution in [0.15, 0.2) is 30.4 Å². The van der Waals surface area contributed by atoms with Crippen LogP contribution in [0.25, 0.3) is 0 Å². The molecule has 0 aliphatic heterocycles. The van der Waals surface area contributed by atoms with Gasteiger partial charge in [0.1, 0.15) is 0 Å². The molecule has 0 heterocycles. The molecule has 3 nitrogen and oxygen atoms in total. The zero-order valence-corrected chi connectivity index (χ0v) is 15.9. The predicted molar refractivity (Wildman–Crippen MR) is 104 cm³/mol. The number of aromatic hydroxyl groups is 1. The number of carbonyl (C=O) groups is 1. The van der Waals surface area contributed by atoms with E-state index in [-0.39, 0.29) is 11.5 Å². The van der Waals surface area contributed by atoms with Crippen LogP contribution >= 0.6 is 0 Å². The fourth-order valence-corrected chi connectivity index (χ4v) is 2.84. The Bertz CT molecular complexity index is 520. The molecule has 25 heavy (non-hydrogen) atoms. The molecule has 0 aromatic heterocycles. The van der Waals surface area contributed by atoms with Gasteiger partial charge in [-0.15, -0.1) is 0 Å². The zero-order valence-electron chi connectivity index (χ0n) is 15.9. The molecule has 0 radical (unpaired) electrons. The van der Waals surface area contributed by atoms with E-state index >= 15 is 0 Å². The Morgan fingerprint density at radius 2 is 1.76 bits per heavy atom. The van der Waals surface area contributed by atoms with E-state index in [0.717, 1.165) is 12.0 Å². The number of allylic oxidation sites excluding steroid dienone is 2. The van der Waals surface area contributed by atoms with Gasteiger partial charge in [0.25, 0.3) is 0 Å². The summed E-state index contributed by atoms with van der Waals surface area (Å²) in [5, 5.41) is 9.57. The highest BCUT2D eigenvalue weighted by Crippen LogP contribution is 2.26. The highest BCUT2D eigenvalue weighted by Gasteiger charge is 2.04. The van der Waals surface area contributed by atoms with Crippen LogP contribution < -0.4 is 4.74 Å². The van der Waals surface area contributed by atoms with Crippen molar-refractivity contribution in [2.24, 2.45) is 0 Å². The molecule has 3 heteroatoms. The third-order valence-corrected chi connectivity index (χ3v) is 4.43. The van der Waals surface area contributed by atoms with E-state index in [0.29, 0.717) is 18.6 Å². The van der Waals surface area contributed by atoms with Crippen LogP contribution in [0, 0.1) is 0 Å². The van der Waals surface area contributed by atoms with Gasteiger partial charge in [-0.2, -0.15) is 0 Å². The minimum atomic E-state index is 0.128. The van der Waals surface area contributed by atoms with Crippen molar-refractivity contribution in [1.29, 1.82) is 0 Å². The molecule has 1 aromatic rings. The summed E-state index contributed by atoms with van der Waals surface area (Å²) < 4.78 is 5.08. The standard InChI is InChI=1S/C22H34O3/c1-3-4-5-6-7-8-9-10-11-12-13-20(23)16-14-19-15-17-21(24)22(18-19)25-2/h12-13,15,17-18,24H,3-11,14,16H2,1-2H3/b13-12+. The number of phenols is 1. The van der Waals surface area contributed by atoms with Crippen molar-refractivity contribution < 1.29 is 14.6 Å². The SMILES string of the molecule is CCCCCCCCCC/C=C/C(=O)CCc1ccc(O)c(OC)c1. The average molecular weight is 347 g/mol. The number of carbonyl (C=O) groups excluding carboxylic acids is 1. The van der Waals surface area contributed by atoms with Gasteiger partial charge in [-0.1, -0.05) is 64.0 Å². The maximum absolute atomic E-state index is 11.9. The summed E-state index contributed by atoms with van der Waals surface area (Å²) in [5.41, 5.74) is 1.000. The highest BCUT2D eigenvalue weighted by atomic mass is 16.5. The van der Waals surface area contributed by atoms with E-state index in [9.17, 15) is 9.90 Å². The summed E-state index contributed by atoms with van der Waals surface area (Å²) in [4.78, 5) is 11.9. The fourth-order valence-electron chi connectivity index (χ4n) is 2.84. The summed E-state index contributed by atoms with van der Waals surface area (Å²) in [6.07, 6.45) is 16.4. The second-order valence-corrected chi connectivity index (χ2v) is 6.64. The number of hydrogen-bond acceptors (Lipinski definition) is 3. The second kappa shape index (κ2) is 13.5. The summed E-state index contributed by atoms with van der Waals surface area (Å²) in [5.74, 6) is 0.740. The van der Waals surface area contributed by atoms with Crippen molar-refractivity contribution in [1.82, 2.24) is 0 Å². The van der Waals surface area contributed by atoms with Crippen LogP contribution in [-0.4, -0.2) is 18.0 Å². The molecule has 0 atom stereocenters. The number of ketones is 1. The van der Waals surface area contributed by atoms with E-state index in [4.69, 9.17) is 4.74 Å². The van der Waals surface area contributed by atoms with Crippen LogP contribution in [0.1, 0.15) is 76.7 Å². The van der Waals surface area contributed by atoms with Crippen molar-refractivity contribution in [3.8, 4) is 11.5 Å². The summed E-state index contributed by atoms with van der Waals surface area (Å²) in [6.45, 7) is 2.25. The largest absolute Gasteiger partial charge is 0.504 e. The molecule has 1 aromatic carbocycles. The first-order valence-corrected chi connectivity index (χ1v) is 9.72. The number of phenolic OH excluding ortho intramolecular Hbond substituents is 1. The van der Waals surface area contributed by atoms with Gasteiger partial charge in [-0.3, -0.25) is 4.79 Å². The van der Waals surface area contributed by atoms with E-state index < -0.39 is 0 Å². The van der Waals surface area contributed by atoms with Crippen molar-refractivity contribution in [2.45, 2.75) is 77.6 Å². The molecule has 0 saturated heterocycles. The topological polar surface area (TPSA) is 46.5 Å². The normalized spacial score (nSPS) is 11.1. The van der Waals surface area contributed by atoms with Crippen molar-refractivity contribution in [3.05, 3.63) is 35.9 Å². The number of unbranched alkanes of at least 4 members (excludes halogenated alkanes) is 8. The number of hydrogen-bond donors (Lipinski definition) is 1. The van der Waals surface area contributed by atoms with E-state index in [2.05, 4.69) is 6.92 Å². The number of methoxy groups -OCH3 is 1. The van der Waals surface area contributed by atoms with E-state index in [1.807, 2.05) is 12.1 Å². The van der Waals surface area contributed by atoms with Gasteiger partial charge in [-0.05, 0) is 43.0 Å². The van der Waals surface area contributed by atoms with Gasteiger partial charge < -0.3 is 9.84 Å². The van der Waals surface area contributed by atoms with Gasteiger partial charge in [0, 0.05) is 6.42 Å². The molecule has 0 amide bonds. The number of rotatable bonds is 14. The molecule has 0 aliphatic carbocycles. The maximum atomic E-state index is 11.9. The lowest BCUT2D eigenvalue weighted by Gasteiger charge is -2.05. The Kier molecular flexibility index (Phi) is 11.5. The molecular weight excluding hydrogens is 312 g/mol. The lowest BCUT2D eigenvalue weighted by atomic mass is 10.1. The Balaban J connectivity index is 2.11. The first kappa shape index (κ1) is 21.3. The molecule has 0 fully saturated rings. The smallest absolute Gasteiger partial charge is 0.160 e. The van der Waals surface area contributed by atoms with Crippen molar-refractivity contribution in [3.63, 3.8) is 0 Å². The zero-order chi connectivity index (χ0) is 18.3. The molecule has 0 bridgehead atoms. The van der Waals surface area contributed by atoms with Crippen LogP contribution in [0.5, 0.6) is 11.5 Å². The Labute approximate surface area is 153 Å². The summed E-state index contributed by atoms with van der Waals surface area (Å²) in [6, 6.07) is 5.22. The molecule has 1 rings (SSSR count). The number of ether oxygens (including phenoxy) is 1. The Morgan fingerprint density at radius 3 is 2.44 bits per heavy atom. The lowest BCUT2D eigenvalue weighted by Crippen LogP contribution is -1.96. The van der Waals surface area contributed by atoms with Crippen LogP contribution in [0.3, 0.4) is 0 Å². The van der Waals surface area contributed by atoms with Gasteiger partial charge >= 0.3 is 0 Å². The summed E-state index contributed by atoms with van der Waals surface area (Å²) in [7, 11) is 1.53. The van der Waals surface area contributed by atoms with Crippen molar-refractivity contribution >= 4 is 5.78 Å². The first-order chi connectivity index (χ1) is 12.2. The second-order valence-electron chi connectivity index (χ2n) is 6.64. The maximum Gasteiger partial charge on any atom is 0.160 e. The lowest BCUT2D eigenvalue weighted by molar-refractivity contribution is -0.114. The van der Waals surface area contributed by atoms with E-state index in [1.54, 1.807) is 18.2 Å². The predicted octanol–water partition coefficient (Wildman–Crippen LogP) is 5.99. The third-order valence-electron chi connectivity index (χ3n) is 4.43. The number of benzene rings is 1. The Morgan fingerprint density at radius 1 is 1.08 bits per heavy atom. The van der Waals surface area contributed by atoms with Gasteiger partial charge in [0.15, 0.2) is 17.3 Å². The van der Waals surface area contributed by atoms with E-state index in [1.165, 1.54) is 58.5 Å². The minimum Gasteiger partial charge on any atom is -0.504 e. The fraction of sp³-hybridized carbons (Fsp3) is 0.591. The molecular formula is C22H34O3. The molecule has 0 spiro atoms. The number of aryl methyl sites for hydroxylation is 1. The molecule has 0 unspecified atom stereocenters. The molecule has 140 valence electrons. The average Bonchev–Trinajstić information content (AvgIpc) is 2.62. The molecule has 0 aliphatic rings. The molecule has 0 saturated carbocycles. The van der Waals surface area contributed by atoms with Crippen LogP contribution in [0.4, 0.5) is 0 Å². The van der Waals surface area contributed by atoms with Gasteiger partial charge in [-0.25, -0.2) is 0 Å². The quantitative estimate of drug-likeness (QED) is 0.332. The Hall–Kier alpha value is -1.77. The van der Waals surface area contributed by atoms with Crippen molar-refractivity contribution in [2.75, 3.05) is 7.11 Å².